The standard InChI is InChI=1S/C18H23N7O4/c19-15-12-16(25(7-20-12)17-14(28)13(27)11(6-26)29-17)23-18(22-15)24-21-5-10-4-8-1-2-9(10)3-8/h1-2,5,7-11,13-14,17,26-28H,3-4,6H2,(H3,19,22,23,24)/b21-5+/t8-,9+,10+,11+,13+,14+,17+/m0/s1. The van der Waals surface area contributed by atoms with E-state index in [0.29, 0.717) is 28.9 Å². The van der Waals surface area contributed by atoms with Crippen molar-refractivity contribution in [3.63, 3.8) is 0 Å². The molecule has 2 aromatic heterocycles. The lowest BCUT2D eigenvalue weighted by Gasteiger charge is -2.16. The second-order valence-electron chi connectivity index (χ2n) is 7.82. The molecule has 11 nitrogen and oxygen atoms in total. The highest BCUT2D eigenvalue weighted by atomic mass is 16.6. The van der Waals surface area contributed by atoms with Gasteiger partial charge < -0.3 is 25.8 Å². The third kappa shape index (κ3) is 3.06. The lowest BCUT2D eigenvalue weighted by atomic mass is 9.95. The largest absolute Gasteiger partial charge is 0.394 e. The van der Waals surface area contributed by atoms with E-state index in [2.05, 4.69) is 37.6 Å². The molecule has 2 bridgehead atoms. The number of nitrogen functional groups attached to an aromatic ring is 1. The van der Waals surface area contributed by atoms with Gasteiger partial charge in [-0.3, -0.25) is 4.57 Å². The average Bonchev–Trinajstić information content (AvgIpc) is 3.47. The summed E-state index contributed by atoms with van der Waals surface area (Å²) in [5, 5.41) is 33.9. The fraction of sp³-hybridized carbons (Fsp3) is 0.556. The summed E-state index contributed by atoms with van der Waals surface area (Å²) < 4.78 is 7.02. The summed E-state index contributed by atoms with van der Waals surface area (Å²) in [6, 6.07) is 0. The molecule has 0 radical (unpaired) electrons. The number of fused-ring (bicyclic) bond motifs is 3. The molecule has 2 fully saturated rings. The fourth-order valence-electron chi connectivity index (χ4n) is 4.47. The molecule has 11 heteroatoms. The minimum Gasteiger partial charge on any atom is -0.394 e. The summed E-state index contributed by atoms with van der Waals surface area (Å²) in [5.74, 6) is 1.96. The van der Waals surface area contributed by atoms with Crippen molar-refractivity contribution < 1.29 is 20.1 Å². The molecule has 1 saturated heterocycles. The Hall–Kier alpha value is -2.60. The highest BCUT2D eigenvalue weighted by Crippen LogP contribution is 2.42. The van der Waals surface area contributed by atoms with E-state index in [1.54, 1.807) is 0 Å². The van der Waals surface area contributed by atoms with Gasteiger partial charge >= 0.3 is 0 Å². The molecule has 3 heterocycles. The van der Waals surface area contributed by atoms with E-state index in [1.165, 1.54) is 17.3 Å². The van der Waals surface area contributed by atoms with Crippen LogP contribution in [0.4, 0.5) is 11.8 Å². The second kappa shape index (κ2) is 7.02. The average molecular weight is 401 g/mol. The van der Waals surface area contributed by atoms with Crippen molar-refractivity contribution in [3.05, 3.63) is 18.5 Å². The Kier molecular flexibility index (Phi) is 4.46. The smallest absolute Gasteiger partial charge is 0.247 e. The molecule has 3 aliphatic rings. The van der Waals surface area contributed by atoms with Crippen LogP contribution in [-0.2, 0) is 4.74 Å². The van der Waals surface area contributed by atoms with Crippen molar-refractivity contribution in [3.8, 4) is 0 Å². The van der Waals surface area contributed by atoms with Gasteiger partial charge in [0.05, 0.1) is 12.9 Å². The van der Waals surface area contributed by atoms with Crippen LogP contribution in [0.1, 0.15) is 19.1 Å². The van der Waals surface area contributed by atoms with Crippen LogP contribution in [0.25, 0.3) is 11.2 Å². The maximum atomic E-state index is 10.3. The zero-order valence-electron chi connectivity index (χ0n) is 15.5. The molecular formula is C18H23N7O4. The Balaban J connectivity index is 1.39. The first kappa shape index (κ1) is 18.4. The number of ether oxygens (including phenoxy) is 1. The molecule has 6 N–H and O–H groups in total. The van der Waals surface area contributed by atoms with Crippen molar-refractivity contribution in [2.75, 3.05) is 17.8 Å². The van der Waals surface area contributed by atoms with Crippen LogP contribution in [0.15, 0.2) is 23.6 Å². The van der Waals surface area contributed by atoms with E-state index in [9.17, 15) is 15.3 Å². The third-order valence-electron chi connectivity index (χ3n) is 6.00. The highest BCUT2D eigenvalue weighted by Gasteiger charge is 2.44. The summed E-state index contributed by atoms with van der Waals surface area (Å²) in [6.07, 6.45) is 5.79. The monoisotopic (exact) mass is 401 g/mol. The molecule has 154 valence electrons. The van der Waals surface area contributed by atoms with Gasteiger partial charge in [0, 0.05) is 12.1 Å². The van der Waals surface area contributed by atoms with Crippen molar-refractivity contribution in [1.29, 1.82) is 0 Å². The van der Waals surface area contributed by atoms with Crippen LogP contribution in [0.2, 0.25) is 0 Å². The maximum absolute atomic E-state index is 10.3. The highest BCUT2D eigenvalue weighted by molar-refractivity contribution is 5.83. The Morgan fingerprint density at radius 2 is 2.14 bits per heavy atom. The van der Waals surface area contributed by atoms with E-state index in [0.717, 1.165) is 6.42 Å². The number of hydrogen-bond acceptors (Lipinski definition) is 10. The van der Waals surface area contributed by atoms with Crippen LogP contribution >= 0.6 is 0 Å². The van der Waals surface area contributed by atoms with Gasteiger partial charge in [0.25, 0.3) is 0 Å². The van der Waals surface area contributed by atoms with E-state index >= 15 is 0 Å². The minimum atomic E-state index is -1.25. The van der Waals surface area contributed by atoms with Gasteiger partial charge in [0.15, 0.2) is 17.7 Å². The molecule has 0 spiro atoms. The first-order valence-corrected chi connectivity index (χ1v) is 9.65. The normalized spacial score (nSPS) is 36.0. The lowest BCUT2D eigenvalue weighted by molar-refractivity contribution is -0.0511. The zero-order chi connectivity index (χ0) is 20.1. The molecular weight excluding hydrogens is 378 g/mol. The fourth-order valence-corrected chi connectivity index (χ4v) is 4.47. The topological polar surface area (TPSA) is 164 Å². The molecule has 0 unspecified atom stereocenters. The van der Waals surface area contributed by atoms with Gasteiger partial charge in [-0.1, -0.05) is 12.2 Å². The number of hydrogen-bond donors (Lipinski definition) is 5. The van der Waals surface area contributed by atoms with Crippen LogP contribution in [0.5, 0.6) is 0 Å². The number of hydrazone groups is 1. The van der Waals surface area contributed by atoms with Crippen LogP contribution < -0.4 is 11.2 Å². The van der Waals surface area contributed by atoms with Crippen molar-refractivity contribution in [1.82, 2.24) is 19.5 Å². The summed E-state index contributed by atoms with van der Waals surface area (Å²) in [4.78, 5) is 12.8. The van der Waals surface area contributed by atoms with Crippen molar-refractivity contribution >= 4 is 29.1 Å². The molecule has 2 aliphatic carbocycles. The molecule has 29 heavy (non-hydrogen) atoms. The zero-order valence-corrected chi connectivity index (χ0v) is 15.5. The van der Waals surface area contributed by atoms with Gasteiger partial charge in [-0.2, -0.15) is 15.1 Å². The SMILES string of the molecule is Nc1nc(N/N=C/[C@H]2C[C@H]3C=C[C@@H]2C3)nc2c1ncn2[C@@H]1O[C@H](CO)[C@@H](O)[C@H]1O. The van der Waals surface area contributed by atoms with E-state index in [-0.39, 0.29) is 11.8 Å². The van der Waals surface area contributed by atoms with E-state index in [4.69, 9.17) is 10.5 Å². The molecule has 7 atom stereocenters. The molecule has 5 rings (SSSR count). The second-order valence-corrected chi connectivity index (χ2v) is 7.82. The summed E-state index contributed by atoms with van der Waals surface area (Å²) >= 11 is 0. The van der Waals surface area contributed by atoms with Crippen molar-refractivity contribution in [2.45, 2.75) is 37.4 Å². The van der Waals surface area contributed by atoms with Gasteiger partial charge in [-0.25, -0.2) is 10.4 Å². The predicted octanol–water partition coefficient (Wildman–Crippen LogP) is -0.370. The van der Waals surface area contributed by atoms with Gasteiger partial charge in [-0.15, -0.1) is 0 Å². The number of rotatable bonds is 5. The number of nitrogens with one attached hydrogen (secondary N) is 1. The molecule has 0 aromatic carbocycles. The summed E-state index contributed by atoms with van der Waals surface area (Å²) in [7, 11) is 0. The Morgan fingerprint density at radius 1 is 1.28 bits per heavy atom. The Bertz CT molecular complexity index is 977. The number of allylic oxidation sites excluding steroid dienone is 2. The molecule has 1 aliphatic heterocycles. The number of anilines is 2. The minimum absolute atomic E-state index is 0.154. The van der Waals surface area contributed by atoms with Gasteiger partial charge in [0.2, 0.25) is 5.95 Å². The number of nitrogens with zero attached hydrogens (tertiary/aromatic N) is 5. The number of nitrogens with two attached hydrogens (primary N) is 1. The molecule has 1 saturated carbocycles. The number of aliphatic hydroxyl groups is 3. The first-order chi connectivity index (χ1) is 14.0. The quantitative estimate of drug-likeness (QED) is 0.255. The summed E-state index contributed by atoms with van der Waals surface area (Å²) in [5.41, 5.74) is 9.50. The lowest BCUT2D eigenvalue weighted by Crippen LogP contribution is -2.33. The van der Waals surface area contributed by atoms with Crippen LogP contribution in [-0.4, -0.2) is 66.0 Å². The van der Waals surface area contributed by atoms with Crippen LogP contribution in [0.3, 0.4) is 0 Å². The maximum Gasteiger partial charge on any atom is 0.247 e. The first-order valence-electron chi connectivity index (χ1n) is 9.65. The van der Waals surface area contributed by atoms with Gasteiger partial charge in [0.1, 0.15) is 23.8 Å². The Labute approximate surface area is 165 Å². The number of aromatic nitrogens is 4. The third-order valence-corrected chi connectivity index (χ3v) is 6.00. The molecule has 0 amide bonds. The van der Waals surface area contributed by atoms with Crippen molar-refractivity contribution in [2.24, 2.45) is 22.9 Å². The van der Waals surface area contributed by atoms with E-state index in [1.807, 2.05) is 6.21 Å². The van der Waals surface area contributed by atoms with E-state index < -0.39 is 31.1 Å². The summed E-state index contributed by atoms with van der Waals surface area (Å²) in [6.45, 7) is -0.418. The van der Waals surface area contributed by atoms with Gasteiger partial charge in [-0.05, 0) is 24.7 Å². The number of imidazole rings is 1. The van der Waals surface area contributed by atoms with Crippen LogP contribution in [0, 0.1) is 17.8 Å². The Morgan fingerprint density at radius 3 is 2.83 bits per heavy atom. The number of aliphatic hydroxyl groups excluding tert-OH is 3. The molecule has 2 aromatic rings. The predicted molar refractivity (Wildman–Crippen MR) is 104 cm³/mol.